The maximum atomic E-state index is 13.4. The van der Waals surface area contributed by atoms with Gasteiger partial charge in [0.1, 0.15) is 0 Å². The molecule has 0 bridgehead atoms. The van der Waals surface area contributed by atoms with Crippen molar-refractivity contribution in [3.05, 3.63) is 64.1 Å². The van der Waals surface area contributed by atoms with Crippen LogP contribution in [0.1, 0.15) is 56.7 Å². The summed E-state index contributed by atoms with van der Waals surface area (Å²) in [7, 11) is 1.65. The largest absolute Gasteiger partial charge is 0.383 e. The Morgan fingerprint density at radius 1 is 1.24 bits per heavy atom. The number of para-hydroxylation sites is 1. The number of rotatable bonds is 6. The van der Waals surface area contributed by atoms with Crippen LogP contribution in [0.5, 0.6) is 0 Å². The van der Waals surface area contributed by atoms with Gasteiger partial charge in [-0.25, -0.2) is 4.99 Å². The van der Waals surface area contributed by atoms with Gasteiger partial charge in [0.25, 0.3) is 5.91 Å². The van der Waals surface area contributed by atoms with Crippen LogP contribution in [-0.4, -0.2) is 48.3 Å². The molecule has 0 aromatic heterocycles. The van der Waals surface area contributed by atoms with E-state index in [0.29, 0.717) is 29.1 Å². The van der Waals surface area contributed by atoms with Crippen LogP contribution in [0.3, 0.4) is 0 Å². The molecule has 180 valence electrons. The van der Waals surface area contributed by atoms with Gasteiger partial charge >= 0.3 is 0 Å². The number of carbonyl (C=O) groups is 1. The number of nitrogens with zero attached hydrogens (tertiary/aromatic N) is 3. The van der Waals surface area contributed by atoms with Crippen LogP contribution in [0.4, 0.5) is 11.4 Å². The van der Waals surface area contributed by atoms with E-state index in [2.05, 4.69) is 51.7 Å². The number of hydrogen-bond donors (Lipinski definition) is 0. The molecule has 34 heavy (non-hydrogen) atoms. The first-order valence-electron chi connectivity index (χ1n) is 12.0. The van der Waals surface area contributed by atoms with Crippen LogP contribution in [0.25, 0.3) is 6.08 Å². The lowest BCUT2D eigenvalue weighted by molar-refractivity contribution is -0.122. The third kappa shape index (κ3) is 4.80. The van der Waals surface area contributed by atoms with E-state index in [9.17, 15) is 4.79 Å². The Morgan fingerprint density at radius 2 is 1.97 bits per heavy atom. The first-order chi connectivity index (χ1) is 16.2. The van der Waals surface area contributed by atoms with E-state index in [1.54, 1.807) is 12.0 Å². The molecule has 0 radical (unpaired) electrons. The molecule has 2 heterocycles. The van der Waals surface area contributed by atoms with Gasteiger partial charge in [-0.1, -0.05) is 25.1 Å². The smallest absolute Gasteiger partial charge is 0.266 e. The molecule has 2 aliphatic rings. The minimum Gasteiger partial charge on any atom is -0.383 e. The first kappa shape index (κ1) is 24.6. The van der Waals surface area contributed by atoms with Crippen LogP contribution >= 0.6 is 11.8 Å². The summed E-state index contributed by atoms with van der Waals surface area (Å²) in [6.45, 7) is 13.3. The van der Waals surface area contributed by atoms with Crippen molar-refractivity contribution in [2.75, 3.05) is 31.7 Å². The Bertz CT molecular complexity index is 1120. The zero-order valence-electron chi connectivity index (χ0n) is 21.1. The maximum absolute atomic E-state index is 13.4. The number of amides is 1. The molecular weight excluding hydrogens is 442 g/mol. The SMILES string of the molecule is CCN1c2cc(C)c(/C=C3\SC(=Nc4ccccc4)N(CCOC)C3=O)cc2C(C)CC1(C)C. The van der Waals surface area contributed by atoms with Gasteiger partial charge in [-0.2, -0.15) is 0 Å². The number of methoxy groups -OCH3 is 1. The number of hydrogen-bond acceptors (Lipinski definition) is 5. The number of fused-ring (bicyclic) bond motifs is 1. The monoisotopic (exact) mass is 477 g/mol. The molecule has 1 saturated heterocycles. The molecule has 1 fully saturated rings. The molecular formula is C28H35N3O2S. The summed E-state index contributed by atoms with van der Waals surface area (Å²) in [5.41, 5.74) is 5.94. The molecule has 2 aliphatic heterocycles. The molecule has 0 saturated carbocycles. The van der Waals surface area contributed by atoms with Crippen molar-refractivity contribution in [3.63, 3.8) is 0 Å². The number of benzene rings is 2. The number of anilines is 1. The highest BCUT2D eigenvalue weighted by Gasteiger charge is 2.36. The van der Waals surface area contributed by atoms with E-state index in [0.717, 1.165) is 24.2 Å². The zero-order chi connectivity index (χ0) is 24.5. The summed E-state index contributed by atoms with van der Waals surface area (Å²) in [5.74, 6) is 0.448. The summed E-state index contributed by atoms with van der Waals surface area (Å²) < 4.78 is 5.25. The lowest BCUT2D eigenvalue weighted by Gasteiger charge is -2.47. The van der Waals surface area contributed by atoms with Crippen molar-refractivity contribution in [3.8, 4) is 0 Å². The number of aliphatic imine (C=N–C) groups is 1. The highest BCUT2D eigenvalue weighted by atomic mass is 32.2. The number of aryl methyl sites for hydroxylation is 1. The normalized spacial score (nSPS) is 22.1. The van der Waals surface area contributed by atoms with E-state index < -0.39 is 0 Å². The molecule has 2 aromatic rings. The summed E-state index contributed by atoms with van der Waals surface area (Å²) in [5, 5.41) is 0.697. The van der Waals surface area contributed by atoms with Crippen molar-refractivity contribution in [1.82, 2.24) is 4.90 Å². The van der Waals surface area contributed by atoms with Crippen molar-refractivity contribution in [2.45, 2.75) is 52.5 Å². The third-order valence-corrected chi connectivity index (χ3v) is 7.77. The fraction of sp³-hybridized carbons (Fsp3) is 0.429. The van der Waals surface area contributed by atoms with Gasteiger partial charge in [0, 0.05) is 24.9 Å². The van der Waals surface area contributed by atoms with Crippen LogP contribution in [0, 0.1) is 6.92 Å². The van der Waals surface area contributed by atoms with Gasteiger partial charge in [0.15, 0.2) is 5.17 Å². The fourth-order valence-electron chi connectivity index (χ4n) is 5.13. The van der Waals surface area contributed by atoms with Crippen molar-refractivity contribution in [2.24, 2.45) is 4.99 Å². The van der Waals surface area contributed by atoms with Gasteiger partial charge in [0.05, 0.1) is 23.7 Å². The molecule has 1 atom stereocenters. The molecule has 5 nitrogen and oxygen atoms in total. The predicted molar refractivity (Wildman–Crippen MR) is 144 cm³/mol. The maximum Gasteiger partial charge on any atom is 0.266 e. The second-order valence-electron chi connectivity index (χ2n) is 9.72. The average Bonchev–Trinajstić information content (AvgIpc) is 3.07. The third-order valence-electron chi connectivity index (χ3n) is 6.76. The molecule has 1 amide bonds. The highest BCUT2D eigenvalue weighted by Crippen LogP contribution is 2.45. The molecule has 2 aromatic carbocycles. The van der Waals surface area contributed by atoms with Crippen molar-refractivity contribution < 1.29 is 9.53 Å². The predicted octanol–water partition coefficient (Wildman–Crippen LogP) is 6.36. The summed E-state index contributed by atoms with van der Waals surface area (Å²) >= 11 is 1.44. The summed E-state index contributed by atoms with van der Waals surface area (Å²) in [6.07, 6.45) is 3.15. The second-order valence-corrected chi connectivity index (χ2v) is 10.7. The van der Waals surface area contributed by atoms with E-state index >= 15 is 0 Å². The van der Waals surface area contributed by atoms with Gasteiger partial charge in [-0.15, -0.1) is 0 Å². The van der Waals surface area contributed by atoms with Crippen molar-refractivity contribution in [1.29, 1.82) is 0 Å². The summed E-state index contributed by atoms with van der Waals surface area (Å²) in [4.78, 5) is 23.1. The van der Waals surface area contributed by atoms with Gasteiger partial charge in [0.2, 0.25) is 0 Å². The van der Waals surface area contributed by atoms with Crippen LogP contribution in [-0.2, 0) is 9.53 Å². The quantitative estimate of drug-likeness (QED) is 0.454. The molecule has 1 unspecified atom stereocenters. The Hall–Kier alpha value is -2.57. The van der Waals surface area contributed by atoms with E-state index in [1.807, 2.05) is 36.4 Å². The number of thioether (sulfide) groups is 1. The fourth-order valence-corrected chi connectivity index (χ4v) is 6.15. The summed E-state index contributed by atoms with van der Waals surface area (Å²) in [6, 6.07) is 14.4. The Kier molecular flexibility index (Phi) is 7.20. The Balaban J connectivity index is 1.72. The molecule has 4 rings (SSSR count). The lowest BCUT2D eigenvalue weighted by atomic mass is 9.79. The van der Waals surface area contributed by atoms with E-state index in [-0.39, 0.29) is 11.4 Å². The molecule has 0 spiro atoms. The van der Waals surface area contributed by atoms with Crippen LogP contribution < -0.4 is 4.90 Å². The molecule has 0 N–H and O–H groups in total. The second kappa shape index (κ2) is 9.96. The van der Waals surface area contributed by atoms with Crippen molar-refractivity contribution >= 4 is 40.3 Å². The molecule has 6 heteroatoms. The lowest BCUT2D eigenvalue weighted by Crippen LogP contribution is -2.48. The Morgan fingerprint density at radius 3 is 2.65 bits per heavy atom. The van der Waals surface area contributed by atoms with E-state index in [1.165, 1.54) is 28.6 Å². The standard InChI is InChI=1S/C28H35N3O2S/c1-7-31-24-15-19(2)21(16-23(24)20(3)18-28(31,4)5)17-25-26(32)30(13-14-33-6)27(34-25)29-22-11-9-8-10-12-22/h8-12,15-17,20H,7,13-14,18H2,1-6H3/b25-17-,29-27?. The zero-order valence-corrected chi connectivity index (χ0v) is 21.9. The highest BCUT2D eigenvalue weighted by molar-refractivity contribution is 8.18. The number of ether oxygens (including phenoxy) is 1. The number of carbonyl (C=O) groups excluding carboxylic acids is 1. The van der Waals surface area contributed by atoms with Crippen LogP contribution in [0.15, 0.2) is 52.4 Å². The topological polar surface area (TPSA) is 45.1 Å². The average molecular weight is 478 g/mol. The van der Waals surface area contributed by atoms with Gasteiger partial charge in [-0.3, -0.25) is 9.69 Å². The molecule has 0 aliphatic carbocycles. The first-order valence-corrected chi connectivity index (χ1v) is 12.8. The Labute approximate surface area is 207 Å². The van der Waals surface area contributed by atoms with Crippen LogP contribution in [0.2, 0.25) is 0 Å². The van der Waals surface area contributed by atoms with E-state index in [4.69, 9.17) is 9.73 Å². The number of amidine groups is 1. The van der Waals surface area contributed by atoms with Gasteiger partial charge < -0.3 is 9.64 Å². The minimum absolute atomic E-state index is 0.0155. The van der Waals surface area contributed by atoms with Gasteiger partial charge in [-0.05, 0) is 98.8 Å². The minimum atomic E-state index is -0.0155.